The van der Waals surface area contributed by atoms with Gasteiger partial charge in [-0.15, -0.1) is 0 Å². The number of ether oxygens (including phenoxy) is 1. The number of urea groups is 1. The molecule has 2 aromatic carbocycles. The Morgan fingerprint density at radius 2 is 1.79 bits per heavy atom. The molecule has 2 aromatic rings. The lowest BCUT2D eigenvalue weighted by Crippen LogP contribution is -2.38. The van der Waals surface area contributed by atoms with Gasteiger partial charge < -0.3 is 15.4 Å². The zero-order chi connectivity index (χ0) is 17.4. The molecule has 0 spiro atoms. The maximum Gasteiger partial charge on any atom is 0.315 e. The minimum atomic E-state index is -0.176. The summed E-state index contributed by atoms with van der Waals surface area (Å²) < 4.78 is 5.42. The molecule has 1 unspecified atom stereocenters. The van der Waals surface area contributed by atoms with Gasteiger partial charge in [-0.25, -0.2) is 4.79 Å². The Bertz CT molecular complexity index is 641. The molecule has 0 aliphatic carbocycles. The Kier molecular flexibility index (Phi) is 6.94. The van der Waals surface area contributed by atoms with Crippen molar-refractivity contribution in [2.24, 2.45) is 0 Å². The summed E-state index contributed by atoms with van der Waals surface area (Å²) >= 11 is 5.85. The smallest absolute Gasteiger partial charge is 0.315 e. The summed E-state index contributed by atoms with van der Waals surface area (Å²) in [4.78, 5) is 12.0. The number of halogens is 1. The Morgan fingerprint density at radius 3 is 2.42 bits per heavy atom. The van der Waals surface area contributed by atoms with Gasteiger partial charge in [0, 0.05) is 11.6 Å². The second-order valence-electron chi connectivity index (χ2n) is 5.50. The SMILES string of the molecule is CCOc1ccc(C(C)NC(=O)NCCc2ccc(Cl)cc2)cc1. The number of benzene rings is 2. The molecule has 0 aromatic heterocycles. The molecular weight excluding hydrogens is 324 g/mol. The van der Waals surface area contributed by atoms with E-state index >= 15 is 0 Å². The number of carbonyl (C=O) groups is 1. The molecule has 0 aliphatic rings. The molecular formula is C19H23ClN2O2. The summed E-state index contributed by atoms with van der Waals surface area (Å²) in [5.74, 6) is 0.834. The number of nitrogens with one attached hydrogen (secondary N) is 2. The highest BCUT2D eigenvalue weighted by molar-refractivity contribution is 6.30. The van der Waals surface area contributed by atoms with Gasteiger partial charge in [0.05, 0.1) is 12.6 Å². The molecule has 128 valence electrons. The second-order valence-corrected chi connectivity index (χ2v) is 5.94. The average Bonchev–Trinajstić information content (AvgIpc) is 2.57. The first-order valence-electron chi connectivity index (χ1n) is 8.10. The molecule has 2 N–H and O–H groups in total. The van der Waals surface area contributed by atoms with E-state index in [1.54, 1.807) is 0 Å². The fourth-order valence-corrected chi connectivity index (χ4v) is 2.45. The highest BCUT2D eigenvalue weighted by Crippen LogP contribution is 2.17. The Labute approximate surface area is 148 Å². The van der Waals surface area contributed by atoms with Crippen LogP contribution in [0.4, 0.5) is 4.79 Å². The van der Waals surface area contributed by atoms with Gasteiger partial charge in [-0.05, 0) is 55.7 Å². The van der Waals surface area contributed by atoms with Gasteiger partial charge in [0.25, 0.3) is 0 Å². The standard InChI is InChI=1S/C19H23ClN2O2/c1-3-24-18-10-6-16(7-11-18)14(2)22-19(23)21-13-12-15-4-8-17(20)9-5-15/h4-11,14H,3,12-13H2,1-2H3,(H2,21,22,23). The molecule has 0 saturated heterocycles. The van der Waals surface area contributed by atoms with Crippen molar-refractivity contribution in [1.29, 1.82) is 0 Å². The molecule has 1 atom stereocenters. The lowest BCUT2D eigenvalue weighted by atomic mass is 10.1. The molecule has 2 amide bonds. The van der Waals surface area contributed by atoms with Gasteiger partial charge in [0.1, 0.15) is 5.75 Å². The number of amides is 2. The van der Waals surface area contributed by atoms with Crippen LogP contribution < -0.4 is 15.4 Å². The van der Waals surface area contributed by atoms with Crippen LogP contribution in [0.1, 0.15) is 31.0 Å². The molecule has 0 radical (unpaired) electrons. The van der Waals surface area contributed by atoms with Crippen molar-refractivity contribution in [2.75, 3.05) is 13.2 Å². The lowest BCUT2D eigenvalue weighted by molar-refractivity contribution is 0.238. The van der Waals surface area contributed by atoms with Crippen LogP contribution in [0.25, 0.3) is 0 Å². The monoisotopic (exact) mass is 346 g/mol. The summed E-state index contributed by atoms with van der Waals surface area (Å²) in [5, 5.41) is 6.52. The lowest BCUT2D eigenvalue weighted by Gasteiger charge is -2.15. The Balaban J connectivity index is 1.75. The molecule has 0 saturated carbocycles. The van der Waals surface area contributed by atoms with E-state index in [1.165, 1.54) is 0 Å². The fourth-order valence-electron chi connectivity index (χ4n) is 2.32. The molecule has 0 bridgehead atoms. The van der Waals surface area contributed by atoms with Crippen LogP contribution >= 0.6 is 11.6 Å². The van der Waals surface area contributed by atoms with Gasteiger partial charge in [0.2, 0.25) is 0 Å². The van der Waals surface area contributed by atoms with Crippen LogP contribution in [0.3, 0.4) is 0 Å². The second kappa shape index (κ2) is 9.18. The maximum atomic E-state index is 12.0. The van der Waals surface area contributed by atoms with Gasteiger partial charge >= 0.3 is 6.03 Å². The van der Waals surface area contributed by atoms with E-state index < -0.39 is 0 Å². The van der Waals surface area contributed by atoms with Crippen LogP contribution in [0.15, 0.2) is 48.5 Å². The maximum absolute atomic E-state index is 12.0. The third kappa shape index (κ3) is 5.78. The van der Waals surface area contributed by atoms with Crippen LogP contribution in [0, 0.1) is 0 Å². The van der Waals surface area contributed by atoms with Gasteiger partial charge in [0.15, 0.2) is 0 Å². The molecule has 24 heavy (non-hydrogen) atoms. The first-order chi connectivity index (χ1) is 11.6. The minimum Gasteiger partial charge on any atom is -0.494 e. The van der Waals surface area contributed by atoms with E-state index in [4.69, 9.17) is 16.3 Å². The summed E-state index contributed by atoms with van der Waals surface area (Å²) in [7, 11) is 0. The predicted octanol–water partition coefficient (Wildman–Crippen LogP) is 4.34. The predicted molar refractivity (Wildman–Crippen MR) is 97.7 cm³/mol. The molecule has 0 fully saturated rings. The van der Waals surface area contributed by atoms with E-state index in [2.05, 4.69) is 10.6 Å². The normalized spacial score (nSPS) is 11.6. The quantitative estimate of drug-likeness (QED) is 0.783. The van der Waals surface area contributed by atoms with E-state index in [9.17, 15) is 4.79 Å². The van der Waals surface area contributed by atoms with Crippen LogP contribution in [-0.2, 0) is 6.42 Å². The van der Waals surface area contributed by atoms with Crippen molar-refractivity contribution in [1.82, 2.24) is 10.6 Å². The average molecular weight is 347 g/mol. The third-order valence-electron chi connectivity index (χ3n) is 3.65. The van der Waals surface area contributed by atoms with Crippen molar-refractivity contribution >= 4 is 17.6 Å². The summed E-state index contributed by atoms with van der Waals surface area (Å²) in [6, 6.07) is 15.1. The van der Waals surface area contributed by atoms with E-state index in [0.717, 1.165) is 23.3 Å². The molecule has 4 nitrogen and oxygen atoms in total. The van der Waals surface area contributed by atoms with E-state index in [0.29, 0.717) is 18.2 Å². The van der Waals surface area contributed by atoms with Crippen LogP contribution in [0.5, 0.6) is 5.75 Å². The molecule has 2 rings (SSSR count). The topological polar surface area (TPSA) is 50.4 Å². The third-order valence-corrected chi connectivity index (χ3v) is 3.90. The summed E-state index contributed by atoms with van der Waals surface area (Å²) in [5.41, 5.74) is 2.17. The molecule has 0 aliphatic heterocycles. The number of carbonyl (C=O) groups excluding carboxylic acids is 1. The molecule has 5 heteroatoms. The van der Waals surface area contributed by atoms with Crippen molar-refractivity contribution in [3.05, 3.63) is 64.7 Å². The first kappa shape index (κ1) is 18.1. The van der Waals surface area contributed by atoms with Crippen LogP contribution in [0.2, 0.25) is 5.02 Å². The number of hydrogen-bond donors (Lipinski definition) is 2. The number of rotatable bonds is 7. The number of hydrogen-bond acceptors (Lipinski definition) is 2. The molecule has 0 heterocycles. The van der Waals surface area contributed by atoms with E-state index in [1.807, 2.05) is 62.4 Å². The fraction of sp³-hybridized carbons (Fsp3) is 0.316. The minimum absolute atomic E-state index is 0.0730. The zero-order valence-electron chi connectivity index (χ0n) is 14.0. The summed E-state index contributed by atoms with van der Waals surface area (Å²) in [6.07, 6.45) is 0.766. The van der Waals surface area contributed by atoms with Crippen LogP contribution in [-0.4, -0.2) is 19.2 Å². The van der Waals surface area contributed by atoms with Gasteiger partial charge in [-0.2, -0.15) is 0 Å². The highest BCUT2D eigenvalue weighted by atomic mass is 35.5. The van der Waals surface area contributed by atoms with Crippen molar-refractivity contribution in [3.63, 3.8) is 0 Å². The first-order valence-corrected chi connectivity index (χ1v) is 8.48. The Hall–Kier alpha value is -2.20. The van der Waals surface area contributed by atoms with E-state index in [-0.39, 0.29) is 12.1 Å². The largest absolute Gasteiger partial charge is 0.494 e. The van der Waals surface area contributed by atoms with Gasteiger partial charge in [-0.3, -0.25) is 0 Å². The van der Waals surface area contributed by atoms with Crippen molar-refractivity contribution in [2.45, 2.75) is 26.3 Å². The highest BCUT2D eigenvalue weighted by Gasteiger charge is 2.09. The van der Waals surface area contributed by atoms with Crippen molar-refractivity contribution < 1.29 is 9.53 Å². The van der Waals surface area contributed by atoms with Crippen molar-refractivity contribution in [3.8, 4) is 5.75 Å². The Morgan fingerprint density at radius 1 is 1.12 bits per heavy atom. The zero-order valence-corrected chi connectivity index (χ0v) is 14.8. The summed E-state index contributed by atoms with van der Waals surface area (Å²) in [6.45, 7) is 5.12. The van der Waals surface area contributed by atoms with Gasteiger partial charge in [-0.1, -0.05) is 35.9 Å².